The van der Waals surface area contributed by atoms with Crippen LogP contribution in [0.5, 0.6) is 0 Å². The maximum absolute atomic E-state index is 12.8. The molecule has 0 saturated heterocycles. The third-order valence-electron chi connectivity index (χ3n) is 8.57. The second-order valence-electron chi connectivity index (χ2n) is 11.5. The summed E-state index contributed by atoms with van der Waals surface area (Å²) in [7, 11) is 0.0466. The smallest absolute Gasteiger partial charge is 0.241 e. The number of methoxy groups -OCH3 is 1. The number of carbonyl (C=O) groups is 1. The van der Waals surface area contributed by atoms with Gasteiger partial charge in [-0.2, -0.15) is 0 Å². The van der Waals surface area contributed by atoms with Gasteiger partial charge in [0.05, 0.1) is 25.6 Å². The number of rotatable bonds is 9. The van der Waals surface area contributed by atoms with Crippen LogP contribution in [0.1, 0.15) is 51.9 Å². The van der Waals surface area contributed by atoms with E-state index in [1.54, 1.807) is 7.11 Å². The molecule has 0 aromatic rings. The van der Waals surface area contributed by atoms with Crippen molar-refractivity contribution in [2.45, 2.75) is 71.5 Å². The van der Waals surface area contributed by atoms with Gasteiger partial charge in [-0.05, 0) is 81.1 Å². The van der Waals surface area contributed by atoms with Gasteiger partial charge in [-0.1, -0.05) is 13.0 Å². The molecule has 0 radical (unpaired) electrons. The predicted molar refractivity (Wildman–Crippen MR) is 128 cm³/mol. The van der Waals surface area contributed by atoms with Crippen molar-refractivity contribution in [1.29, 1.82) is 0 Å². The Bertz CT molecular complexity index is 769. The monoisotopic (exact) mass is 462 g/mol. The molecule has 0 N–H and O–H groups in total. The molecule has 2 fully saturated rings. The van der Waals surface area contributed by atoms with E-state index in [1.807, 2.05) is 0 Å². The lowest BCUT2D eigenvalue weighted by Gasteiger charge is -2.56. The van der Waals surface area contributed by atoms with Gasteiger partial charge in [-0.15, -0.1) is 0 Å². The Balaban J connectivity index is 1.58. The molecule has 0 bridgehead atoms. The lowest BCUT2D eigenvalue weighted by molar-refractivity contribution is -0.136. The lowest BCUT2D eigenvalue weighted by Crippen LogP contribution is -2.52. The Labute approximate surface area is 195 Å². The molecule has 5 atom stereocenters. The molecule has 0 aliphatic heterocycles. The van der Waals surface area contributed by atoms with Crippen LogP contribution >= 0.6 is 0 Å². The summed E-state index contributed by atoms with van der Waals surface area (Å²) in [5.74, 6) is 3.31. The number of carbonyl (C=O) groups excluding carboxylic acids is 1. The molecule has 5 nitrogen and oxygen atoms in total. The fourth-order valence-corrected chi connectivity index (χ4v) is 8.05. The number of hydrogen-bond donors (Lipinski definition) is 0. The summed E-state index contributed by atoms with van der Waals surface area (Å²) in [5, 5.41) is 0. The van der Waals surface area contributed by atoms with Crippen molar-refractivity contribution >= 4 is 14.1 Å². The van der Waals surface area contributed by atoms with E-state index >= 15 is 0 Å². The summed E-state index contributed by atoms with van der Waals surface area (Å²) in [5.41, 5.74) is 1.31. The Morgan fingerprint density at radius 1 is 1.06 bits per heavy atom. The minimum absolute atomic E-state index is 0.00675. The van der Waals surface area contributed by atoms with Crippen molar-refractivity contribution in [2.24, 2.45) is 28.6 Å². The van der Waals surface area contributed by atoms with Crippen molar-refractivity contribution in [1.82, 2.24) is 0 Å². The average molecular weight is 463 g/mol. The first-order valence-electron chi connectivity index (χ1n) is 12.5. The van der Waals surface area contributed by atoms with Crippen LogP contribution in [0.4, 0.5) is 0 Å². The summed E-state index contributed by atoms with van der Waals surface area (Å²) < 4.78 is 23.3. The summed E-state index contributed by atoms with van der Waals surface area (Å²) >= 11 is 0. The van der Waals surface area contributed by atoms with Crippen LogP contribution in [0.25, 0.3) is 0 Å². The molecule has 0 heterocycles. The van der Waals surface area contributed by atoms with E-state index in [9.17, 15) is 4.79 Å². The zero-order valence-electron chi connectivity index (χ0n) is 20.7. The van der Waals surface area contributed by atoms with Crippen molar-refractivity contribution in [3.63, 3.8) is 0 Å². The second-order valence-corrected chi connectivity index (χ2v) is 16.0. The van der Waals surface area contributed by atoms with E-state index in [0.29, 0.717) is 50.2 Å². The Morgan fingerprint density at radius 2 is 1.88 bits per heavy atom. The molecular weight excluding hydrogens is 420 g/mol. The normalized spacial score (nSPS) is 36.7. The first-order chi connectivity index (χ1) is 15.2. The van der Waals surface area contributed by atoms with Gasteiger partial charge in [0.15, 0.2) is 0 Å². The highest BCUT2D eigenvalue weighted by Gasteiger charge is 2.59. The van der Waals surface area contributed by atoms with Gasteiger partial charge in [-0.3, -0.25) is 4.79 Å². The van der Waals surface area contributed by atoms with E-state index in [4.69, 9.17) is 18.6 Å². The molecule has 4 aliphatic rings. The van der Waals surface area contributed by atoms with Crippen molar-refractivity contribution in [2.75, 3.05) is 33.7 Å². The highest BCUT2D eigenvalue weighted by atomic mass is 28.4. The van der Waals surface area contributed by atoms with Crippen LogP contribution in [-0.2, 0) is 23.4 Å². The Morgan fingerprint density at radius 3 is 2.62 bits per heavy atom. The minimum atomic E-state index is -1.64. The van der Waals surface area contributed by atoms with Crippen molar-refractivity contribution in [3.05, 3.63) is 23.5 Å². The molecule has 2 saturated carbocycles. The Kier molecular flexibility index (Phi) is 7.07. The maximum Gasteiger partial charge on any atom is 0.241 e. The summed E-state index contributed by atoms with van der Waals surface area (Å²) in [6.45, 7) is 11.1. The summed E-state index contributed by atoms with van der Waals surface area (Å²) in [4.78, 5) is 12.8. The van der Waals surface area contributed by atoms with E-state index in [0.717, 1.165) is 50.7 Å². The average Bonchev–Trinajstić information content (AvgIpc) is 3.04. The molecule has 4 rings (SSSR count). The quantitative estimate of drug-likeness (QED) is 0.258. The van der Waals surface area contributed by atoms with E-state index in [-0.39, 0.29) is 10.8 Å². The van der Waals surface area contributed by atoms with Crippen LogP contribution in [0, 0.1) is 28.6 Å². The van der Waals surface area contributed by atoms with Gasteiger partial charge in [-0.25, -0.2) is 0 Å². The number of ether oxygens (including phenoxy) is 3. The van der Waals surface area contributed by atoms with Crippen molar-refractivity contribution < 1.29 is 23.4 Å². The SMILES string of the molecule is COCCOCOC[C@]12CCC(O[Si](C)(C)C)=CC1=CC[C@@H]1[C@@H]2CC[C@]2(C)C(=O)CC[C@@H]12. The minimum Gasteiger partial charge on any atom is -0.547 e. The zero-order valence-corrected chi connectivity index (χ0v) is 21.7. The number of Topliss-reactive ketones (excluding diaryl/α,β-unsaturated/α-hetero) is 1. The molecule has 0 unspecified atom stereocenters. The first kappa shape index (κ1) is 24.2. The second kappa shape index (κ2) is 9.36. The van der Waals surface area contributed by atoms with Gasteiger partial charge in [0.2, 0.25) is 8.32 Å². The number of hydrogen-bond acceptors (Lipinski definition) is 5. The van der Waals surface area contributed by atoms with Gasteiger partial charge < -0.3 is 18.6 Å². The zero-order chi connectivity index (χ0) is 23.0. The van der Waals surface area contributed by atoms with Crippen LogP contribution in [-0.4, -0.2) is 47.8 Å². The number of ketones is 1. The highest BCUT2D eigenvalue weighted by Crippen LogP contribution is 2.63. The Hall–Kier alpha value is -0.953. The van der Waals surface area contributed by atoms with E-state index < -0.39 is 8.32 Å². The van der Waals surface area contributed by atoms with Crippen molar-refractivity contribution in [3.8, 4) is 0 Å². The fourth-order valence-electron chi connectivity index (χ4n) is 7.10. The van der Waals surface area contributed by atoms with Gasteiger partial charge in [0, 0.05) is 30.8 Å². The number of fused-ring (bicyclic) bond motifs is 5. The molecular formula is C26H42O5Si. The molecule has 0 aromatic carbocycles. The maximum atomic E-state index is 12.8. The van der Waals surface area contributed by atoms with Crippen LogP contribution < -0.4 is 0 Å². The molecule has 180 valence electrons. The van der Waals surface area contributed by atoms with E-state index in [2.05, 4.69) is 38.7 Å². The van der Waals surface area contributed by atoms with Gasteiger partial charge >= 0.3 is 0 Å². The molecule has 0 amide bonds. The molecule has 0 aromatic heterocycles. The topological polar surface area (TPSA) is 54.0 Å². The van der Waals surface area contributed by atoms with Crippen LogP contribution in [0.3, 0.4) is 0 Å². The predicted octanol–water partition coefficient (Wildman–Crippen LogP) is 5.48. The number of allylic oxidation sites excluding steroid dienone is 3. The van der Waals surface area contributed by atoms with Gasteiger partial charge in [0.1, 0.15) is 12.6 Å². The largest absolute Gasteiger partial charge is 0.547 e. The first-order valence-corrected chi connectivity index (χ1v) is 15.9. The standard InChI is InChI=1S/C26H42O5Si/c1-25-12-11-23-21(22(25)8-9-24(25)27)7-6-19-16-20(31-32(3,4)5)10-13-26(19,23)17-30-18-29-15-14-28-2/h6,16,21-23H,7-15,17-18H2,1-5H3/t21-,22-,23-,25-,26+/m0/s1. The summed E-state index contributed by atoms with van der Waals surface area (Å²) in [6.07, 6.45) is 11.9. The van der Waals surface area contributed by atoms with Crippen LogP contribution in [0.15, 0.2) is 23.5 Å². The summed E-state index contributed by atoms with van der Waals surface area (Å²) in [6, 6.07) is 0. The third kappa shape index (κ3) is 4.53. The van der Waals surface area contributed by atoms with E-state index in [1.165, 1.54) is 5.57 Å². The molecule has 4 aliphatic carbocycles. The molecule has 32 heavy (non-hydrogen) atoms. The molecule has 6 heteroatoms. The fraction of sp³-hybridized carbons (Fsp3) is 0.808. The lowest BCUT2D eigenvalue weighted by atomic mass is 9.48. The molecule has 0 spiro atoms. The van der Waals surface area contributed by atoms with Gasteiger partial charge in [0.25, 0.3) is 0 Å². The highest BCUT2D eigenvalue weighted by molar-refractivity contribution is 6.70. The van der Waals surface area contributed by atoms with Crippen LogP contribution in [0.2, 0.25) is 19.6 Å². The third-order valence-corrected chi connectivity index (χ3v) is 9.44.